The molecule has 116 valence electrons. The minimum absolute atomic E-state index is 0.572. The van der Waals surface area contributed by atoms with E-state index in [1.165, 1.54) is 32.1 Å². The summed E-state index contributed by atoms with van der Waals surface area (Å²) < 4.78 is 5.19. The van der Waals surface area contributed by atoms with Crippen LogP contribution in [0.4, 0.5) is 5.82 Å². The van der Waals surface area contributed by atoms with Crippen molar-refractivity contribution in [3.05, 3.63) is 36.2 Å². The molecule has 0 bridgehead atoms. The number of nitrogen functional groups attached to an aromatic ring is 1. The summed E-state index contributed by atoms with van der Waals surface area (Å²) in [6.45, 7) is 0. The Morgan fingerprint density at radius 2 is 1.86 bits per heavy atom. The van der Waals surface area contributed by atoms with Crippen molar-refractivity contribution in [1.82, 2.24) is 9.97 Å². The maximum Gasteiger partial charge on any atom is 0.145 e. The van der Waals surface area contributed by atoms with Gasteiger partial charge in [-0.3, -0.25) is 0 Å². The lowest BCUT2D eigenvalue weighted by Crippen LogP contribution is -2.12. The highest BCUT2D eigenvalue weighted by atomic mass is 16.5. The first kappa shape index (κ1) is 14.8. The summed E-state index contributed by atoms with van der Waals surface area (Å²) in [6.07, 6.45) is 9.29. The van der Waals surface area contributed by atoms with E-state index in [9.17, 15) is 0 Å². The van der Waals surface area contributed by atoms with Crippen molar-refractivity contribution >= 4 is 5.82 Å². The zero-order valence-electron chi connectivity index (χ0n) is 13.1. The summed E-state index contributed by atoms with van der Waals surface area (Å²) >= 11 is 0. The molecule has 1 aliphatic rings. The zero-order chi connectivity index (χ0) is 15.4. The lowest BCUT2D eigenvalue weighted by Gasteiger charge is -2.21. The molecule has 1 saturated carbocycles. The van der Waals surface area contributed by atoms with Gasteiger partial charge in [0.2, 0.25) is 0 Å². The molecule has 22 heavy (non-hydrogen) atoms. The molecule has 1 heterocycles. The number of benzene rings is 1. The van der Waals surface area contributed by atoms with Gasteiger partial charge in [0.1, 0.15) is 11.6 Å². The topological polar surface area (TPSA) is 61.0 Å². The van der Waals surface area contributed by atoms with Gasteiger partial charge in [-0.05, 0) is 36.6 Å². The van der Waals surface area contributed by atoms with Gasteiger partial charge >= 0.3 is 0 Å². The number of nitrogens with two attached hydrogens (primary N) is 1. The second-order valence-corrected chi connectivity index (χ2v) is 6.02. The van der Waals surface area contributed by atoms with E-state index in [2.05, 4.69) is 4.98 Å². The molecular weight excluding hydrogens is 274 g/mol. The highest BCUT2D eigenvalue weighted by Gasteiger charge is 2.17. The molecule has 0 radical (unpaired) electrons. The fourth-order valence-corrected chi connectivity index (χ4v) is 3.15. The van der Waals surface area contributed by atoms with E-state index in [1.807, 2.05) is 24.3 Å². The van der Waals surface area contributed by atoms with Crippen LogP contribution in [-0.2, 0) is 6.42 Å². The van der Waals surface area contributed by atoms with Crippen LogP contribution in [0.2, 0.25) is 0 Å². The molecule has 1 aromatic carbocycles. The van der Waals surface area contributed by atoms with E-state index in [0.717, 1.165) is 29.1 Å². The van der Waals surface area contributed by atoms with E-state index >= 15 is 0 Å². The van der Waals surface area contributed by atoms with Crippen LogP contribution in [0.25, 0.3) is 11.3 Å². The number of hydrogen-bond acceptors (Lipinski definition) is 4. The Kier molecular flexibility index (Phi) is 4.56. The van der Waals surface area contributed by atoms with Crippen molar-refractivity contribution in [2.24, 2.45) is 5.92 Å². The summed E-state index contributed by atoms with van der Waals surface area (Å²) in [4.78, 5) is 9.11. The summed E-state index contributed by atoms with van der Waals surface area (Å²) in [5.41, 5.74) is 8.90. The van der Waals surface area contributed by atoms with Crippen molar-refractivity contribution in [3.63, 3.8) is 0 Å². The van der Waals surface area contributed by atoms with E-state index in [1.54, 1.807) is 13.3 Å². The smallest absolute Gasteiger partial charge is 0.145 e. The Hall–Kier alpha value is -2.10. The van der Waals surface area contributed by atoms with Crippen LogP contribution in [-0.4, -0.2) is 17.1 Å². The molecule has 0 unspecified atom stereocenters. The maximum atomic E-state index is 6.04. The average Bonchev–Trinajstić information content (AvgIpc) is 2.58. The lowest BCUT2D eigenvalue weighted by molar-refractivity contribution is 0.354. The van der Waals surface area contributed by atoms with Crippen molar-refractivity contribution in [3.8, 4) is 17.0 Å². The Balaban J connectivity index is 1.81. The largest absolute Gasteiger partial charge is 0.497 e. The molecule has 4 heteroatoms. The predicted octanol–water partition coefficient (Wildman–Crippen LogP) is 3.86. The van der Waals surface area contributed by atoms with Crippen molar-refractivity contribution < 1.29 is 4.74 Å². The molecule has 4 nitrogen and oxygen atoms in total. The van der Waals surface area contributed by atoms with E-state index in [4.69, 9.17) is 15.5 Å². The van der Waals surface area contributed by atoms with E-state index in [0.29, 0.717) is 11.7 Å². The first-order chi connectivity index (χ1) is 10.8. The molecule has 0 amide bonds. The van der Waals surface area contributed by atoms with Crippen LogP contribution in [0.1, 0.15) is 37.8 Å². The van der Waals surface area contributed by atoms with E-state index in [-0.39, 0.29) is 0 Å². The third kappa shape index (κ3) is 3.38. The molecule has 2 N–H and O–H groups in total. The minimum Gasteiger partial charge on any atom is -0.497 e. The number of anilines is 1. The number of nitrogens with zero attached hydrogens (tertiary/aromatic N) is 2. The van der Waals surface area contributed by atoms with Gasteiger partial charge in [-0.2, -0.15) is 0 Å². The predicted molar refractivity (Wildman–Crippen MR) is 88.7 cm³/mol. The second kappa shape index (κ2) is 6.77. The van der Waals surface area contributed by atoms with Gasteiger partial charge < -0.3 is 10.5 Å². The van der Waals surface area contributed by atoms with Crippen LogP contribution >= 0.6 is 0 Å². The summed E-state index contributed by atoms with van der Waals surface area (Å²) in [7, 11) is 1.67. The molecule has 1 aromatic heterocycles. The zero-order valence-corrected chi connectivity index (χ0v) is 13.1. The summed E-state index contributed by atoms with van der Waals surface area (Å²) in [5.74, 6) is 2.12. The molecule has 0 aliphatic heterocycles. The monoisotopic (exact) mass is 297 g/mol. The van der Waals surface area contributed by atoms with Crippen LogP contribution in [0.5, 0.6) is 5.75 Å². The molecular formula is C18H23N3O. The molecule has 0 spiro atoms. The molecule has 2 aromatic rings. The van der Waals surface area contributed by atoms with E-state index < -0.39 is 0 Å². The highest BCUT2D eigenvalue weighted by Crippen LogP contribution is 2.28. The van der Waals surface area contributed by atoms with Gasteiger partial charge in [0.05, 0.1) is 24.7 Å². The normalized spacial score (nSPS) is 15.7. The van der Waals surface area contributed by atoms with Crippen molar-refractivity contribution in [2.45, 2.75) is 38.5 Å². The Labute approximate surface area is 131 Å². The number of ether oxygens (including phenoxy) is 1. The summed E-state index contributed by atoms with van der Waals surface area (Å²) in [6, 6.07) is 7.88. The Morgan fingerprint density at radius 3 is 2.55 bits per heavy atom. The van der Waals surface area contributed by atoms with Gasteiger partial charge in [0.25, 0.3) is 0 Å². The number of rotatable bonds is 4. The van der Waals surface area contributed by atoms with Gasteiger partial charge in [0, 0.05) is 5.56 Å². The third-order valence-corrected chi connectivity index (χ3v) is 4.47. The lowest BCUT2D eigenvalue weighted by atomic mass is 9.86. The van der Waals surface area contributed by atoms with Gasteiger partial charge in [-0.25, -0.2) is 9.97 Å². The van der Waals surface area contributed by atoms with Crippen molar-refractivity contribution in [1.29, 1.82) is 0 Å². The highest BCUT2D eigenvalue weighted by molar-refractivity contribution is 5.60. The minimum atomic E-state index is 0.572. The van der Waals surface area contributed by atoms with Gasteiger partial charge in [-0.15, -0.1) is 0 Å². The van der Waals surface area contributed by atoms with Crippen LogP contribution in [0.15, 0.2) is 30.5 Å². The quantitative estimate of drug-likeness (QED) is 0.931. The third-order valence-electron chi connectivity index (χ3n) is 4.47. The number of aromatic nitrogens is 2. The Morgan fingerprint density at radius 1 is 1.14 bits per heavy atom. The first-order valence-corrected chi connectivity index (χ1v) is 8.02. The second-order valence-electron chi connectivity index (χ2n) is 6.02. The average molecular weight is 297 g/mol. The first-order valence-electron chi connectivity index (χ1n) is 8.02. The molecule has 3 rings (SSSR count). The number of hydrogen-bond donors (Lipinski definition) is 1. The van der Waals surface area contributed by atoms with Crippen LogP contribution in [0, 0.1) is 5.92 Å². The summed E-state index contributed by atoms with van der Waals surface area (Å²) in [5, 5.41) is 0. The fraction of sp³-hybridized carbons (Fsp3) is 0.444. The standard InChI is InChI=1S/C18H23N3O/c1-22-15-9-7-14(8-10-15)17-12-20-18(19)16(21-17)11-13-5-3-2-4-6-13/h7-10,12-13H,2-6,11H2,1H3,(H2,19,20). The van der Waals surface area contributed by atoms with Crippen LogP contribution < -0.4 is 10.5 Å². The fourth-order valence-electron chi connectivity index (χ4n) is 3.15. The SMILES string of the molecule is COc1ccc(-c2cnc(N)c(CC3CCCCC3)n2)cc1. The molecule has 1 aliphatic carbocycles. The van der Waals surface area contributed by atoms with Gasteiger partial charge in [-0.1, -0.05) is 32.1 Å². The maximum absolute atomic E-state index is 6.04. The van der Waals surface area contributed by atoms with Gasteiger partial charge in [0.15, 0.2) is 0 Å². The Bertz CT molecular complexity index is 619. The molecule has 1 fully saturated rings. The molecule has 0 saturated heterocycles. The van der Waals surface area contributed by atoms with Crippen molar-refractivity contribution in [2.75, 3.05) is 12.8 Å². The van der Waals surface area contributed by atoms with Crippen LogP contribution in [0.3, 0.4) is 0 Å². The molecule has 0 atom stereocenters. The number of methoxy groups -OCH3 is 1.